The lowest BCUT2D eigenvalue weighted by Gasteiger charge is -2.14. The lowest BCUT2D eigenvalue weighted by molar-refractivity contribution is -0.0698. The minimum atomic E-state index is -0.400. The van der Waals surface area contributed by atoms with E-state index in [1.165, 1.54) is 3.57 Å². The summed E-state index contributed by atoms with van der Waals surface area (Å²) < 4.78 is 11.8. The Morgan fingerprint density at radius 1 is 1.25 bits per heavy atom. The predicted octanol–water partition coefficient (Wildman–Crippen LogP) is 1.96. The molecule has 0 saturated carbocycles. The molecule has 1 aliphatic heterocycles. The van der Waals surface area contributed by atoms with Crippen molar-refractivity contribution in [3.05, 3.63) is 33.4 Å². The molecule has 16 heavy (non-hydrogen) atoms. The van der Waals surface area contributed by atoms with Gasteiger partial charge in [-0.25, -0.2) is 0 Å². The summed E-state index contributed by atoms with van der Waals surface area (Å²) in [7, 11) is 0. The molecule has 0 radical (unpaired) electrons. The van der Waals surface area contributed by atoms with Crippen molar-refractivity contribution in [1.82, 2.24) is 0 Å². The van der Waals surface area contributed by atoms with Crippen LogP contribution in [0.15, 0.2) is 24.3 Å². The zero-order valence-corrected chi connectivity index (χ0v) is 11.1. The van der Waals surface area contributed by atoms with Crippen molar-refractivity contribution in [1.29, 1.82) is 0 Å². The minimum Gasteiger partial charge on any atom is -0.393 e. The number of hydrogen-bond acceptors (Lipinski definition) is 3. The van der Waals surface area contributed by atoms with Crippen LogP contribution in [0.1, 0.15) is 12.0 Å². The van der Waals surface area contributed by atoms with E-state index in [0.29, 0.717) is 26.1 Å². The lowest BCUT2D eigenvalue weighted by Crippen LogP contribution is -2.20. The molecule has 1 aromatic carbocycles. The molecule has 1 unspecified atom stereocenters. The molecule has 2 rings (SSSR count). The van der Waals surface area contributed by atoms with Crippen molar-refractivity contribution in [2.45, 2.75) is 25.2 Å². The third kappa shape index (κ3) is 3.69. The molecule has 1 fully saturated rings. The summed E-state index contributed by atoms with van der Waals surface area (Å²) >= 11 is 2.27. The van der Waals surface area contributed by atoms with E-state index in [-0.39, 0.29) is 6.29 Å². The van der Waals surface area contributed by atoms with E-state index >= 15 is 0 Å². The maximum absolute atomic E-state index is 9.87. The van der Waals surface area contributed by atoms with Crippen molar-refractivity contribution in [2.24, 2.45) is 0 Å². The third-order valence-corrected chi connectivity index (χ3v) is 3.26. The summed E-state index contributed by atoms with van der Waals surface area (Å²) in [5.74, 6) is 0. The average molecular weight is 334 g/mol. The van der Waals surface area contributed by atoms with Gasteiger partial charge in [0, 0.05) is 9.99 Å². The maximum atomic E-state index is 9.87. The van der Waals surface area contributed by atoms with Crippen molar-refractivity contribution in [3.8, 4) is 0 Å². The van der Waals surface area contributed by atoms with Crippen LogP contribution in [-0.4, -0.2) is 30.7 Å². The van der Waals surface area contributed by atoms with Gasteiger partial charge in [-0.3, -0.25) is 0 Å². The van der Waals surface area contributed by atoms with Gasteiger partial charge >= 0.3 is 0 Å². The maximum Gasteiger partial charge on any atom is 0.160 e. The summed E-state index contributed by atoms with van der Waals surface area (Å²) in [6.45, 7) is 1.28. The number of hydrogen-bond donors (Lipinski definition) is 1. The van der Waals surface area contributed by atoms with Gasteiger partial charge < -0.3 is 14.6 Å². The molecule has 0 bridgehead atoms. The zero-order valence-electron chi connectivity index (χ0n) is 8.93. The molecule has 1 N–H and O–H groups in total. The second-order valence-electron chi connectivity index (χ2n) is 3.89. The van der Waals surface area contributed by atoms with Crippen LogP contribution >= 0.6 is 22.6 Å². The highest BCUT2D eigenvalue weighted by Crippen LogP contribution is 2.14. The molecule has 88 valence electrons. The van der Waals surface area contributed by atoms with Crippen molar-refractivity contribution >= 4 is 22.6 Å². The van der Waals surface area contributed by atoms with E-state index in [2.05, 4.69) is 22.6 Å². The average Bonchev–Trinajstić information content (AvgIpc) is 2.74. The van der Waals surface area contributed by atoms with Gasteiger partial charge in [0.15, 0.2) is 6.29 Å². The van der Waals surface area contributed by atoms with Crippen molar-refractivity contribution in [2.75, 3.05) is 13.2 Å². The monoisotopic (exact) mass is 334 g/mol. The van der Waals surface area contributed by atoms with Crippen LogP contribution < -0.4 is 0 Å². The van der Waals surface area contributed by atoms with E-state index in [9.17, 15) is 5.11 Å². The van der Waals surface area contributed by atoms with Crippen LogP contribution in [0, 0.1) is 3.57 Å². The zero-order chi connectivity index (χ0) is 11.4. The molecule has 1 heterocycles. The summed E-state index contributed by atoms with van der Waals surface area (Å²) in [6.07, 6.45) is 0.577. The van der Waals surface area contributed by atoms with Gasteiger partial charge in [-0.2, -0.15) is 0 Å². The standard InChI is InChI=1S/C12H15IO3/c13-10-3-1-9(2-4-10)7-11(14)8-12-15-5-6-16-12/h1-4,11-12,14H,5-8H2. The predicted molar refractivity (Wildman–Crippen MR) is 69.2 cm³/mol. The first-order valence-electron chi connectivity index (χ1n) is 5.40. The highest BCUT2D eigenvalue weighted by atomic mass is 127. The van der Waals surface area contributed by atoms with Gasteiger partial charge in [0.25, 0.3) is 0 Å². The Morgan fingerprint density at radius 2 is 1.88 bits per heavy atom. The van der Waals surface area contributed by atoms with Gasteiger partial charge in [-0.15, -0.1) is 0 Å². The van der Waals surface area contributed by atoms with Gasteiger partial charge in [0.2, 0.25) is 0 Å². The van der Waals surface area contributed by atoms with Crippen LogP contribution in [-0.2, 0) is 15.9 Å². The van der Waals surface area contributed by atoms with E-state index in [4.69, 9.17) is 9.47 Å². The Morgan fingerprint density at radius 3 is 2.50 bits per heavy atom. The Kier molecular flexibility index (Phi) is 4.57. The molecule has 1 aliphatic rings. The number of rotatable bonds is 4. The van der Waals surface area contributed by atoms with E-state index in [0.717, 1.165) is 5.56 Å². The lowest BCUT2D eigenvalue weighted by atomic mass is 10.1. The van der Waals surface area contributed by atoms with Crippen LogP contribution in [0.5, 0.6) is 0 Å². The van der Waals surface area contributed by atoms with Crippen LogP contribution in [0.25, 0.3) is 0 Å². The van der Waals surface area contributed by atoms with E-state index < -0.39 is 6.10 Å². The fourth-order valence-corrected chi connectivity index (χ4v) is 2.10. The van der Waals surface area contributed by atoms with Crippen LogP contribution in [0.3, 0.4) is 0 Å². The molecule has 1 atom stereocenters. The summed E-state index contributed by atoms with van der Waals surface area (Å²) in [5, 5.41) is 9.87. The molecule has 4 heteroatoms. The first-order chi connectivity index (χ1) is 7.74. The van der Waals surface area contributed by atoms with Gasteiger partial charge in [-0.05, 0) is 46.7 Å². The molecule has 0 aromatic heterocycles. The molecular formula is C12H15IO3. The Balaban J connectivity index is 1.81. The third-order valence-electron chi connectivity index (χ3n) is 2.54. The smallest absolute Gasteiger partial charge is 0.160 e. The topological polar surface area (TPSA) is 38.7 Å². The Bertz CT molecular complexity index is 320. The highest BCUT2D eigenvalue weighted by Gasteiger charge is 2.20. The Hall–Kier alpha value is -0.170. The number of halogens is 1. The first kappa shape index (κ1) is 12.3. The summed E-state index contributed by atoms with van der Waals surface area (Å²) in [6, 6.07) is 8.18. The van der Waals surface area contributed by atoms with Gasteiger partial charge in [-0.1, -0.05) is 12.1 Å². The Labute approximate surface area is 109 Å². The summed E-state index contributed by atoms with van der Waals surface area (Å²) in [5.41, 5.74) is 1.14. The summed E-state index contributed by atoms with van der Waals surface area (Å²) in [4.78, 5) is 0. The number of aliphatic hydroxyl groups is 1. The van der Waals surface area contributed by atoms with Crippen molar-refractivity contribution in [3.63, 3.8) is 0 Å². The van der Waals surface area contributed by atoms with Crippen LogP contribution in [0.2, 0.25) is 0 Å². The molecular weight excluding hydrogens is 319 g/mol. The van der Waals surface area contributed by atoms with E-state index in [1.54, 1.807) is 0 Å². The fraction of sp³-hybridized carbons (Fsp3) is 0.500. The number of benzene rings is 1. The largest absolute Gasteiger partial charge is 0.393 e. The molecule has 0 amide bonds. The van der Waals surface area contributed by atoms with Gasteiger partial charge in [0.05, 0.1) is 19.3 Å². The number of ether oxygens (including phenoxy) is 2. The van der Waals surface area contributed by atoms with Crippen molar-refractivity contribution < 1.29 is 14.6 Å². The normalized spacial score (nSPS) is 18.9. The molecule has 3 nitrogen and oxygen atoms in total. The second-order valence-corrected chi connectivity index (χ2v) is 5.14. The SMILES string of the molecule is OC(Cc1ccc(I)cc1)CC1OCCO1. The van der Waals surface area contributed by atoms with Crippen LogP contribution in [0.4, 0.5) is 0 Å². The minimum absolute atomic E-state index is 0.223. The molecule has 0 spiro atoms. The second kappa shape index (κ2) is 5.95. The highest BCUT2D eigenvalue weighted by molar-refractivity contribution is 14.1. The molecule has 0 aliphatic carbocycles. The quantitative estimate of drug-likeness (QED) is 0.856. The molecule has 1 saturated heterocycles. The van der Waals surface area contributed by atoms with E-state index in [1.807, 2.05) is 24.3 Å². The first-order valence-corrected chi connectivity index (χ1v) is 6.47. The fourth-order valence-electron chi connectivity index (χ4n) is 1.74. The number of aliphatic hydroxyl groups excluding tert-OH is 1. The molecule has 1 aromatic rings. The van der Waals surface area contributed by atoms with Gasteiger partial charge in [0.1, 0.15) is 0 Å².